The second kappa shape index (κ2) is 8.05. The van der Waals surface area contributed by atoms with Gasteiger partial charge < -0.3 is 15.5 Å². The maximum absolute atomic E-state index is 11.6. The predicted molar refractivity (Wildman–Crippen MR) is 104 cm³/mol. The quantitative estimate of drug-likeness (QED) is 0.631. The standard InChI is InChI=1S/C18H30N6O2/c1-22(13-9-5-3-6-10-13)17-15(24(25)26)16(19)20-18(21-17)23(2)14-11-7-4-8-12-14/h13-14H,3-12H2,1-2H3,(H2,19,20,21). The Bertz CT molecular complexity index is 641. The van der Waals surface area contributed by atoms with Gasteiger partial charge in [-0.15, -0.1) is 0 Å². The molecule has 1 aromatic rings. The number of nitro groups is 1. The van der Waals surface area contributed by atoms with E-state index >= 15 is 0 Å². The summed E-state index contributed by atoms with van der Waals surface area (Å²) in [5.41, 5.74) is 5.84. The van der Waals surface area contributed by atoms with Gasteiger partial charge in [0.2, 0.25) is 17.6 Å². The molecular weight excluding hydrogens is 332 g/mol. The average Bonchev–Trinajstić information content (AvgIpc) is 2.67. The zero-order chi connectivity index (χ0) is 18.7. The first-order chi connectivity index (χ1) is 12.5. The van der Waals surface area contributed by atoms with Gasteiger partial charge in [0.15, 0.2) is 0 Å². The Labute approximate surface area is 154 Å². The fourth-order valence-electron chi connectivity index (χ4n) is 4.30. The summed E-state index contributed by atoms with van der Waals surface area (Å²) < 4.78 is 0. The van der Waals surface area contributed by atoms with Gasteiger partial charge >= 0.3 is 5.69 Å². The first-order valence-electron chi connectivity index (χ1n) is 9.76. The van der Waals surface area contributed by atoms with E-state index in [1.165, 1.54) is 25.7 Å². The highest BCUT2D eigenvalue weighted by molar-refractivity contribution is 5.71. The maximum Gasteiger partial charge on any atom is 0.353 e. The van der Waals surface area contributed by atoms with E-state index in [-0.39, 0.29) is 17.5 Å². The second-order valence-corrected chi connectivity index (χ2v) is 7.64. The Kier molecular flexibility index (Phi) is 5.78. The first-order valence-corrected chi connectivity index (χ1v) is 9.76. The minimum absolute atomic E-state index is 0.0414. The number of nitrogens with two attached hydrogens (primary N) is 1. The SMILES string of the molecule is CN(c1nc(N)c([N+](=O)[O-])c(N(C)C2CCCCC2)n1)C1CCCCC1. The molecule has 144 valence electrons. The summed E-state index contributed by atoms with van der Waals surface area (Å²) in [7, 11) is 3.87. The minimum atomic E-state index is -0.450. The molecule has 0 saturated heterocycles. The number of hydrogen-bond acceptors (Lipinski definition) is 7. The van der Waals surface area contributed by atoms with Crippen molar-refractivity contribution in [3.63, 3.8) is 0 Å². The molecule has 0 spiro atoms. The van der Waals surface area contributed by atoms with E-state index in [0.29, 0.717) is 17.8 Å². The second-order valence-electron chi connectivity index (χ2n) is 7.64. The monoisotopic (exact) mass is 362 g/mol. The van der Waals surface area contributed by atoms with Crippen LogP contribution in [0.2, 0.25) is 0 Å². The van der Waals surface area contributed by atoms with Crippen molar-refractivity contribution in [2.24, 2.45) is 0 Å². The molecule has 8 heteroatoms. The number of aromatic nitrogens is 2. The molecule has 1 heterocycles. The zero-order valence-electron chi connectivity index (χ0n) is 15.9. The summed E-state index contributed by atoms with van der Waals surface area (Å²) in [5, 5.41) is 11.6. The lowest BCUT2D eigenvalue weighted by molar-refractivity contribution is -0.383. The van der Waals surface area contributed by atoms with Crippen LogP contribution in [-0.4, -0.2) is 41.1 Å². The van der Waals surface area contributed by atoms with Crippen LogP contribution in [0.25, 0.3) is 0 Å². The Morgan fingerprint density at radius 1 is 0.923 bits per heavy atom. The molecule has 2 N–H and O–H groups in total. The normalized spacial score (nSPS) is 19.3. The molecular formula is C18H30N6O2. The molecule has 0 atom stereocenters. The van der Waals surface area contributed by atoms with E-state index in [2.05, 4.69) is 14.9 Å². The fraction of sp³-hybridized carbons (Fsp3) is 0.778. The van der Waals surface area contributed by atoms with Crippen molar-refractivity contribution >= 4 is 23.3 Å². The van der Waals surface area contributed by atoms with Crippen LogP contribution in [0.4, 0.5) is 23.3 Å². The van der Waals surface area contributed by atoms with Crippen molar-refractivity contribution in [1.82, 2.24) is 9.97 Å². The van der Waals surface area contributed by atoms with Crippen molar-refractivity contribution in [2.45, 2.75) is 76.3 Å². The van der Waals surface area contributed by atoms with Crippen LogP contribution in [0.5, 0.6) is 0 Å². The van der Waals surface area contributed by atoms with Crippen molar-refractivity contribution in [3.05, 3.63) is 10.1 Å². The summed E-state index contributed by atoms with van der Waals surface area (Å²) in [6, 6.07) is 0.641. The van der Waals surface area contributed by atoms with Gasteiger partial charge in [-0.25, -0.2) is 0 Å². The molecule has 2 aliphatic rings. The van der Waals surface area contributed by atoms with E-state index in [1.807, 2.05) is 19.0 Å². The highest BCUT2D eigenvalue weighted by Gasteiger charge is 2.31. The Hall–Kier alpha value is -2.12. The van der Waals surface area contributed by atoms with Crippen molar-refractivity contribution < 1.29 is 4.92 Å². The van der Waals surface area contributed by atoms with Crippen LogP contribution < -0.4 is 15.5 Å². The number of anilines is 3. The lowest BCUT2D eigenvalue weighted by Crippen LogP contribution is -2.37. The molecule has 0 aromatic carbocycles. The molecule has 0 radical (unpaired) electrons. The fourth-order valence-corrected chi connectivity index (χ4v) is 4.30. The third-order valence-corrected chi connectivity index (χ3v) is 5.96. The summed E-state index contributed by atoms with van der Waals surface area (Å²) in [5.74, 6) is 0.810. The predicted octanol–water partition coefficient (Wildman–Crippen LogP) is 3.50. The third kappa shape index (κ3) is 3.83. The van der Waals surface area contributed by atoms with Crippen LogP contribution in [0.15, 0.2) is 0 Å². The highest BCUT2D eigenvalue weighted by Crippen LogP contribution is 2.36. The average molecular weight is 362 g/mol. The van der Waals surface area contributed by atoms with E-state index in [0.717, 1.165) is 38.5 Å². The largest absolute Gasteiger partial charge is 0.378 e. The lowest BCUT2D eigenvalue weighted by atomic mass is 9.94. The molecule has 2 fully saturated rings. The molecule has 1 aromatic heterocycles. The molecule has 2 aliphatic carbocycles. The van der Waals surface area contributed by atoms with E-state index < -0.39 is 4.92 Å². The molecule has 2 saturated carbocycles. The summed E-state index contributed by atoms with van der Waals surface area (Å²) in [4.78, 5) is 24.1. The van der Waals surface area contributed by atoms with Gasteiger partial charge in [-0.3, -0.25) is 10.1 Å². The Morgan fingerprint density at radius 2 is 1.42 bits per heavy atom. The zero-order valence-corrected chi connectivity index (χ0v) is 15.9. The van der Waals surface area contributed by atoms with Gasteiger partial charge in [0.25, 0.3) is 0 Å². The van der Waals surface area contributed by atoms with Crippen LogP contribution in [0, 0.1) is 10.1 Å². The van der Waals surface area contributed by atoms with E-state index in [1.54, 1.807) is 0 Å². The smallest absolute Gasteiger partial charge is 0.353 e. The molecule has 0 unspecified atom stereocenters. The van der Waals surface area contributed by atoms with Gasteiger partial charge in [-0.05, 0) is 25.7 Å². The van der Waals surface area contributed by atoms with Crippen molar-refractivity contribution in [1.29, 1.82) is 0 Å². The molecule has 0 amide bonds. The van der Waals surface area contributed by atoms with Gasteiger partial charge in [0.1, 0.15) is 0 Å². The van der Waals surface area contributed by atoms with E-state index in [4.69, 9.17) is 5.73 Å². The van der Waals surface area contributed by atoms with Crippen LogP contribution in [0.1, 0.15) is 64.2 Å². The van der Waals surface area contributed by atoms with E-state index in [9.17, 15) is 10.1 Å². The number of rotatable bonds is 5. The number of nitrogen functional groups attached to an aromatic ring is 1. The molecule has 0 bridgehead atoms. The summed E-state index contributed by atoms with van der Waals surface area (Å²) in [6.07, 6.45) is 11.5. The molecule has 3 rings (SSSR count). The Morgan fingerprint density at radius 3 is 1.92 bits per heavy atom. The number of hydrogen-bond donors (Lipinski definition) is 1. The third-order valence-electron chi connectivity index (χ3n) is 5.96. The molecule has 26 heavy (non-hydrogen) atoms. The van der Waals surface area contributed by atoms with Crippen LogP contribution >= 0.6 is 0 Å². The highest BCUT2D eigenvalue weighted by atomic mass is 16.6. The van der Waals surface area contributed by atoms with Gasteiger partial charge in [0, 0.05) is 26.2 Å². The Balaban J connectivity index is 1.94. The molecule has 0 aliphatic heterocycles. The first kappa shape index (κ1) is 18.7. The van der Waals surface area contributed by atoms with Crippen molar-refractivity contribution in [2.75, 3.05) is 29.6 Å². The lowest BCUT2D eigenvalue weighted by Gasteiger charge is -2.34. The van der Waals surface area contributed by atoms with Gasteiger partial charge in [0.05, 0.1) is 4.92 Å². The maximum atomic E-state index is 11.6. The van der Waals surface area contributed by atoms with Crippen LogP contribution in [-0.2, 0) is 0 Å². The summed E-state index contributed by atoms with van der Waals surface area (Å²) in [6.45, 7) is 0. The van der Waals surface area contributed by atoms with Crippen molar-refractivity contribution in [3.8, 4) is 0 Å². The van der Waals surface area contributed by atoms with Crippen LogP contribution in [0.3, 0.4) is 0 Å². The topological polar surface area (TPSA) is 101 Å². The minimum Gasteiger partial charge on any atom is -0.378 e. The number of nitrogens with zero attached hydrogens (tertiary/aromatic N) is 5. The van der Waals surface area contributed by atoms with Gasteiger partial charge in [-0.2, -0.15) is 9.97 Å². The summed E-state index contributed by atoms with van der Waals surface area (Å²) >= 11 is 0. The van der Waals surface area contributed by atoms with Gasteiger partial charge in [-0.1, -0.05) is 38.5 Å². The molecule has 8 nitrogen and oxygen atoms in total.